The van der Waals surface area contributed by atoms with E-state index in [0.29, 0.717) is 19.6 Å². The SMILES string of the molecule is CCCNC(CN(C)CCS(C)(=O)=O)(C(=O)O)C1CC1. The van der Waals surface area contributed by atoms with Crippen LogP contribution in [0.2, 0.25) is 0 Å². The van der Waals surface area contributed by atoms with Crippen LogP contribution in [0.3, 0.4) is 0 Å². The standard InChI is InChI=1S/C13H26N2O4S/c1-4-7-14-13(12(16)17,11-5-6-11)10-15(2)8-9-20(3,18)19/h11,14H,4-10H2,1-3H3,(H,16,17). The van der Waals surface area contributed by atoms with Crippen molar-refractivity contribution in [1.82, 2.24) is 10.2 Å². The van der Waals surface area contributed by atoms with Crippen LogP contribution in [0.5, 0.6) is 0 Å². The Hall–Kier alpha value is -0.660. The molecule has 2 N–H and O–H groups in total. The number of hydrogen-bond acceptors (Lipinski definition) is 5. The van der Waals surface area contributed by atoms with Gasteiger partial charge < -0.3 is 15.3 Å². The molecule has 0 aliphatic heterocycles. The highest BCUT2D eigenvalue weighted by atomic mass is 32.2. The Balaban J connectivity index is 2.70. The first kappa shape index (κ1) is 17.4. The van der Waals surface area contributed by atoms with Crippen LogP contribution in [-0.4, -0.2) is 68.6 Å². The average Bonchev–Trinajstić information content (AvgIpc) is 3.15. The molecule has 1 unspecified atom stereocenters. The summed E-state index contributed by atoms with van der Waals surface area (Å²) < 4.78 is 22.4. The Morgan fingerprint density at radius 3 is 2.45 bits per heavy atom. The van der Waals surface area contributed by atoms with E-state index in [2.05, 4.69) is 5.32 Å². The van der Waals surface area contributed by atoms with Gasteiger partial charge >= 0.3 is 5.97 Å². The van der Waals surface area contributed by atoms with E-state index < -0.39 is 21.3 Å². The molecular weight excluding hydrogens is 280 g/mol. The molecule has 0 spiro atoms. The van der Waals surface area contributed by atoms with E-state index in [0.717, 1.165) is 19.3 Å². The fraction of sp³-hybridized carbons (Fsp3) is 0.923. The normalized spacial score (nSPS) is 19.0. The summed E-state index contributed by atoms with van der Waals surface area (Å²) in [6, 6.07) is 0. The zero-order chi connectivity index (χ0) is 15.4. The molecule has 1 saturated carbocycles. The van der Waals surface area contributed by atoms with Crippen LogP contribution in [0.1, 0.15) is 26.2 Å². The van der Waals surface area contributed by atoms with Crippen molar-refractivity contribution in [3.8, 4) is 0 Å². The van der Waals surface area contributed by atoms with Gasteiger partial charge in [0.2, 0.25) is 0 Å². The second-order valence-electron chi connectivity index (χ2n) is 5.85. The average molecular weight is 306 g/mol. The summed E-state index contributed by atoms with van der Waals surface area (Å²) in [6.45, 7) is 3.35. The van der Waals surface area contributed by atoms with Crippen molar-refractivity contribution < 1.29 is 18.3 Å². The maximum absolute atomic E-state index is 11.7. The summed E-state index contributed by atoms with van der Waals surface area (Å²) in [5, 5.41) is 12.8. The van der Waals surface area contributed by atoms with Crippen LogP contribution in [0.25, 0.3) is 0 Å². The van der Waals surface area contributed by atoms with Crippen molar-refractivity contribution >= 4 is 15.8 Å². The van der Waals surface area contributed by atoms with Crippen molar-refractivity contribution in [1.29, 1.82) is 0 Å². The van der Waals surface area contributed by atoms with Crippen molar-refractivity contribution in [3.05, 3.63) is 0 Å². The largest absolute Gasteiger partial charge is 0.480 e. The summed E-state index contributed by atoms with van der Waals surface area (Å²) in [5.74, 6) is -0.635. The van der Waals surface area contributed by atoms with Crippen LogP contribution in [0.4, 0.5) is 0 Å². The van der Waals surface area contributed by atoms with Crippen molar-refractivity contribution in [2.45, 2.75) is 31.7 Å². The highest BCUT2D eigenvalue weighted by Crippen LogP contribution is 2.40. The number of carboxylic acids is 1. The van der Waals surface area contributed by atoms with Gasteiger partial charge in [-0.2, -0.15) is 0 Å². The highest BCUT2D eigenvalue weighted by molar-refractivity contribution is 7.90. The maximum Gasteiger partial charge on any atom is 0.325 e. The van der Waals surface area contributed by atoms with Crippen LogP contribution in [-0.2, 0) is 14.6 Å². The summed E-state index contributed by atoms with van der Waals surface area (Å²) in [4.78, 5) is 13.5. The molecule has 1 rings (SSSR count). The van der Waals surface area contributed by atoms with E-state index in [1.165, 1.54) is 6.26 Å². The van der Waals surface area contributed by atoms with Crippen molar-refractivity contribution in [2.24, 2.45) is 5.92 Å². The molecule has 0 aromatic heterocycles. The van der Waals surface area contributed by atoms with E-state index in [1.54, 1.807) is 11.9 Å². The Morgan fingerprint density at radius 2 is 2.05 bits per heavy atom. The topological polar surface area (TPSA) is 86.7 Å². The highest BCUT2D eigenvalue weighted by Gasteiger charge is 2.51. The van der Waals surface area contributed by atoms with Gasteiger partial charge in [0, 0.05) is 19.3 Å². The monoisotopic (exact) mass is 306 g/mol. The molecule has 0 saturated heterocycles. The number of carboxylic acid groups (broad SMARTS) is 1. The smallest absolute Gasteiger partial charge is 0.325 e. The maximum atomic E-state index is 11.7. The molecule has 1 aliphatic rings. The number of rotatable bonds is 10. The number of carbonyl (C=O) groups is 1. The van der Waals surface area contributed by atoms with Gasteiger partial charge in [-0.1, -0.05) is 6.92 Å². The lowest BCUT2D eigenvalue weighted by atomic mass is 9.92. The quantitative estimate of drug-likeness (QED) is 0.599. The van der Waals surface area contributed by atoms with E-state index in [4.69, 9.17) is 0 Å². The van der Waals surface area contributed by atoms with Gasteiger partial charge in [-0.25, -0.2) is 8.42 Å². The minimum absolute atomic E-state index is 0.0532. The lowest BCUT2D eigenvalue weighted by Crippen LogP contribution is -2.60. The van der Waals surface area contributed by atoms with E-state index in [1.807, 2.05) is 6.92 Å². The molecule has 6 nitrogen and oxygen atoms in total. The molecule has 0 amide bonds. The van der Waals surface area contributed by atoms with Gasteiger partial charge in [0.05, 0.1) is 5.75 Å². The first-order valence-electron chi connectivity index (χ1n) is 7.06. The Bertz CT molecular complexity index is 434. The van der Waals surface area contributed by atoms with Crippen LogP contribution in [0, 0.1) is 5.92 Å². The van der Waals surface area contributed by atoms with Gasteiger partial charge in [-0.05, 0) is 38.8 Å². The molecule has 1 fully saturated rings. The Labute approximate surface area is 121 Å². The molecule has 0 radical (unpaired) electrons. The summed E-state index contributed by atoms with van der Waals surface area (Å²) in [6.07, 6.45) is 3.90. The molecule has 0 aromatic rings. The number of aliphatic carboxylic acids is 1. The summed E-state index contributed by atoms with van der Waals surface area (Å²) >= 11 is 0. The van der Waals surface area contributed by atoms with E-state index in [9.17, 15) is 18.3 Å². The first-order chi connectivity index (χ1) is 9.21. The van der Waals surface area contributed by atoms with Crippen LogP contribution < -0.4 is 5.32 Å². The second kappa shape index (κ2) is 6.87. The van der Waals surface area contributed by atoms with Crippen molar-refractivity contribution in [2.75, 3.05) is 38.7 Å². The molecule has 1 atom stereocenters. The molecule has 1 aliphatic carbocycles. The first-order valence-corrected chi connectivity index (χ1v) is 9.12. The van der Waals surface area contributed by atoms with E-state index in [-0.39, 0.29) is 11.7 Å². The molecule has 0 bridgehead atoms. The predicted molar refractivity (Wildman–Crippen MR) is 78.6 cm³/mol. The minimum atomic E-state index is -3.03. The molecular formula is C13H26N2O4S. The molecule has 0 heterocycles. The number of nitrogens with one attached hydrogen (secondary N) is 1. The Morgan fingerprint density at radius 1 is 1.45 bits per heavy atom. The van der Waals surface area contributed by atoms with E-state index >= 15 is 0 Å². The van der Waals surface area contributed by atoms with Gasteiger partial charge in [-0.3, -0.25) is 4.79 Å². The third-order valence-corrected chi connectivity index (χ3v) is 4.63. The van der Waals surface area contributed by atoms with Gasteiger partial charge in [0.15, 0.2) is 0 Å². The zero-order valence-electron chi connectivity index (χ0n) is 12.6. The van der Waals surface area contributed by atoms with Crippen LogP contribution in [0.15, 0.2) is 0 Å². The molecule has 20 heavy (non-hydrogen) atoms. The lowest BCUT2D eigenvalue weighted by molar-refractivity contribution is -0.146. The van der Waals surface area contributed by atoms with Gasteiger partial charge in [0.1, 0.15) is 15.4 Å². The number of hydrogen-bond donors (Lipinski definition) is 2. The lowest BCUT2D eigenvalue weighted by Gasteiger charge is -2.34. The third kappa shape index (κ3) is 5.03. The predicted octanol–water partition coefficient (Wildman–Crippen LogP) is 0.196. The molecule has 7 heteroatoms. The molecule has 0 aromatic carbocycles. The zero-order valence-corrected chi connectivity index (χ0v) is 13.4. The minimum Gasteiger partial charge on any atom is -0.480 e. The Kier molecular flexibility index (Phi) is 5.97. The fourth-order valence-electron chi connectivity index (χ4n) is 2.40. The molecule has 118 valence electrons. The number of sulfone groups is 1. The van der Waals surface area contributed by atoms with Crippen LogP contribution >= 0.6 is 0 Å². The fourth-order valence-corrected chi connectivity index (χ4v) is 3.04. The second-order valence-corrected chi connectivity index (χ2v) is 8.10. The van der Waals surface area contributed by atoms with Crippen molar-refractivity contribution in [3.63, 3.8) is 0 Å². The third-order valence-electron chi connectivity index (χ3n) is 3.71. The van der Waals surface area contributed by atoms with Gasteiger partial charge in [-0.15, -0.1) is 0 Å². The number of nitrogens with zero attached hydrogens (tertiary/aromatic N) is 1. The van der Waals surface area contributed by atoms with Gasteiger partial charge in [0.25, 0.3) is 0 Å². The summed E-state index contributed by atoms with van der Waals surface area (Å²) in [7, 11) is -1.25. The summed E-state index contributed by atoms with van der Waals surface area (Å²) in [5.41, 5.74) is -0.942. The number of likely N-dealkylation sites (N-methyl/N-ethyl adjacent to an activating group) is 1.